The van der Waals surface area contributed by atoms with Crippen LogP contribution in [-0.4, -0.2) is 4.98 Å². The summed E-state index contributed by atoms with van der Waals surface area (Å²) in [5.41, 5.74) is 6.40. The third kappa shape index (κ3) is 2.96. The zero-order chi connectivity index (χ0) is 14.8. The molecule has 0 saturated heterocycles. The molecule has 1 aromatic heterocycles. The van der Waals surface area contributed by atoms with Crippen molar-refractivity contribution >= 4 is 22.7 Å². The van der Waals surface area contributed by atoms with Crippen LogP contribution in [0.2, 0.25) is 0 Å². The molecule has 0 fully saturated rings. The summed E-state index contributed by atoms with van der Waals surface area (Å²) in [5.74, 6) is 0.969. The molecule has 0 spiro atoms. The van der Waals surface area contributed by atoms with E-state index < -0.39 is 0 Å². The first kappa shape index (κ1) is 14.2. The second-order valence-electron chi connectivity index (χ2n) is 5.46. The summed E-state index contributed by atoms with van der Waals surface area (Å²) in [6.07, 6.45) is 0. The molecule has 21 heavy (non-hydrogen) atoms. The third-order valence-electron chi connectivity index (χ3n) is 3.86. The van der Waals surface area contributed by atoms with Gasteiger partial charge in [-0.25, -0.2) is 4.98 Å². The molecule has 0 unspecified atom stereocenters. The average Bonchev–Trinajstić information content (AvgIpc) is 2.48. The van der Waals surface area contributed by atoms with E-state index >= 15 is 0 Å². The molecule has 0 atom stereocenters. The van der Waals surface area contributed by atoms with E-state index in [0.717, 1.165) is 16.3 Å². The fourth-order valence-electron chi connectivity index (χ4n) is 2.53. The number of benzene rings is 2. The molecule has 0 aliphatic rings. The lowest BCUT2D eigenvalue weighted by molar-refractivity contribution is 1.15. The van der Waals surface area contributed by atoms with Gasteiger partial charge in [0.1, 0.15) is 0 Å². The highest BCUT2D eigenvalue weighted by Gasteiger charge is 2.06. The molecule has 106 valence electrons. The summed E-state index contributed by atoms with van der Waals surface area (Å²) in [7, 11) is 0. The van der Waals surface area contributed by atoms with Gasteiger partial charge >= 0.3 is 0 Å². The number of pyridine rings is 1. The number of aromatic nitrogens is 1. The van der Waals surface area contributed by atoms with E-state index in [2.05, 4.69) is 69.3 Å². The zero-order valence-corrected chi connectivity index (χ0v) is 13.5. The first-order chi connectivity index (χ1) is 10.1. The number of fused-ring (bicyclic) bond motifs is 1. The second-order valence-corrected chi connectivity index (χ2v) is 6.46. The van der Waals surface area contributed by atoms with E-state index in [1.54, 1.807) is 0 Å². The molecule has 0 amide bonds. The van der Waals surface area contributed by atoms with Gasteiger partial charge in [-0.15, -0.1) is 11.8 Å². The first-order valence-corrected chi connectivity index (χ1v) is 8.18. The van der Waals surface area contributed by atoms with Crippen molar-refractivity contribution in [2.24, 2.45) is 0 Å². The van der Waals surface area contributed by atoms with Crippen molar-refractivity contribution < 1.29 is 0 Å². The zero-order valence-electron chi connectivity index (χ0n) is 12.7. The summed E-state index contributed by atoms with van der Waals surface area (Å²) in [4.78, 5) is 4.84. The average molecular weight is 293 g/mol. The summed E-state index contributed by atoms with van der Waals surface area (Å²) in [5, 5.41) is 2.37. The molecule has 1 heterocycles. The molecule has 0 N–H and O–H groups in total. The van der Waals surface area contributed by atoms with Gasteiger partial charge in [0.25, 0.3) is 0 Å². The molecule has 1 nitrogen and oxygen atoms in total. The van der Waals surface area contributed by atoms with E-state index in [-0.39, 0.29) is 0 Å². The molecule has 0 saturated carbocycles. The Hall–Kier alpha value is -1.80. The minimum atomic E-state index is 0.969. The van der Waals surface area contributed by atoms with E-state index in [0.29, 0.717) is 0 Å². The SMILES string of the molecule is Cc1ccccc1CSc1cc(C)c2cccc(C)c2n1. The van der Waals surface area contributed by atoms with Crippen LogP contribution in [0, 0.1) is 20.8 Å². The van der Waals surface area contributed by atoms with Crippen molar-refractivity contribution in [2.75, 3.05) is 0 Å². The highest BCUT2D eigenvalue weighted by atomic mass is 32.2. The fourth-order valence-corrected chi connectivity index (χ4v) is 3.57. The van der Waals surface area contributed by atoms with Crippen LogP contribution in [-0.2, 0) is 5.75 Å². The van der Waals surface area contributed by atoms with Crippen molar-refractivity contribution in [1.82, 2.24) is 4.98 Å². The molecule has 3 aromatic rings. The molecule has 3 rings (SSSR count). The molecular formula is C19H19NS. The van der Waals surface area contributed by atoms with Crippen molar-refractivity contribution in [3.05, 3.63) is 70.8 Å². The molecular weight excluding hydrogens is 274 g/mol. The minimum Gasteiger partial charge on any atom is -0.241 e. The van der Waals surface area contributed by atoms with Crippen molar-refractivity contribution in [2.45, 2.75) is 31.6 Å². The standard InChI is InChI=1S/C19H19NS/c1-13-7-4-5-9-16(13)12-21-18-11-15(3)17-10-6-8-14(2)19(17)20-18/h4-11H,12H2,1-3H3. The van der Waals surface area contributed by atoms with Crippen LogP contribution in [0.15, 0.2) is 53.6 Å². The highest BCUT2D eigenvalue weighted by Crippen LogP contribution is 2.28. The summed E-state index contributed by atoms with van der Waals surface area (Å²) >= 11 is 1.81. The Balaban J connectivity index is 1.91. The Morgan fingerprint density at radius 3 is 2.43 bits per heavy atom. The number of hydrogen-bond acceptors (Lipinski definition) is 2. The van der Waals surface area contributed by atoms with E-state index in [9.17, 15) is 0 Å². The van der Waals surface area contributed by atoms with Crippen LogP contribution < -0.4 is 0 Å². The maximum Gasteiger partial charge on any atom is 0.0973 e. The van der Waals surface area contributed by atoms with Crippen molar-refractivity contribution in [1.29, 1.82) is 0 Å². The number of thioether (sulfide) groups is 1. The van der Waals surface area contributed by atoms with Gasteiger partial charge in [0, 0.05) is 11.1 Å². The van der Waals surface area contributed by atoms with Gasteiger partial charge in [0.2, 0.25) is 0 Å². The van der Waals surface area contributed by atoms with Crippen LogP contribution in [0.3, 0.4) is 0 Å². The predicted molar refractivity (Wildman–Crippen MR) is 92.0 cm³/mol. The number of aryl methyl sites for hydroxylation is 3. The van der Waals surface area contributed by atoms with Gasteiger partial charge in [0.15, 0.2) is 0 Å². The monoisotopic (exact) mass is 293 g/mol. The molecule has 0 bridgehead atoms. The van der Waals surface area contributed by atoms with E-state index in [4.69, 9.17) is 4.98 Å². The molecule has 0 aliphatic carbocycles. The summed E-state index contributed by atoms with van der Waals surface area (Å²) in [6, 6.07) is 17.1. The van der Waals surface area contributed by atoms with Gasteiger partial charge in [-0.2, -0.15) is 0 Å². The Morgan fingerprint density at radius 2 is 1.62 bits per heavy atom. The quantitative estimate of drug-likeness (QED) is 0.595. The predicted octanol–water partition coefficient (Wildman–Crippen LogP) is 5.45. The van der Waals surface area contributed by atoms with Crippen molar-refractivity contribution in [3.8, 4) is 0 Å². The Bertz CT molecular complexity index is 793. The van der Waals surface area contributed by atoms with E-state index in [1.165, 1.54) is 27.6 Å². The number of nitrogens with zero attached hydrogens (tertiary/aromatic N) is 1. The van der Waals surface area contributed by atoms with Crippen LogP contribution in [0.4, 0.5) is 0 Å². The molecule has 0 aliphatic heterocycles. The van der Waals surface area contributed by atoms with Crippen LogP contribution >= 0.6 is 11.8 Å². The lowest BCUT2D eigenvalue weighted by Crippen LogP contribution is -1.91. The van der Waals surface area contributed by atoms with Crippen LogP contribution in [0.25, 0.3) is 10.9 Å². The van der Waals surface area contributed by atoms with Crippen LogP contribution in [0.5, 0.6) is 0 Å². The van der Waals surface area contributed by atoms with E-state index in [1.807, 2.05) is 11.8 Å². The van der Waals surface area contributed by atoms with Gasteiger partial charge in [-0.1, -0.05) is 42.5 Å². The number of hydrogen-bond donors (Lipinski definition) is 0. The molecule has 2 aromatic carbocycles. The molecule has 0 radical (unpaired) electrons. The lowest BCUT2D eigenvalue weighted by atomic mass is 10.1. The Kier molecular flexibility index (Phi) is 3.98. The van der Waals surface area contributed by atoms with Gasteiger partial charge in [-0.05, 0) is 49.1 Å². The third-order valence-corrected chi connectivity index (χ3v) is 4.82. The summed E-state index contributed by atoms with van der Waals surface area (Å²) < 4.78 is 0. The fraction of sp³-hybridized carbons (Fsp3) is 0.211. The molecule has 2 heteroatoms. The normalized spacial score (nSPS) is 11.0. The maximum absolute atomic E-state index is 4.84. The topological polar surface area (TPSA) is 12.9 Å². The largest absolute Gasteiger partial charge is 0.241 e. The smallest absolute Gasteiger partial charge is 0.0973 e. The van der Waals surface area contributed by atoms with Gasteiger partial charge < -0.3 is 0 Å². The van der Waals surface area contributed by atoms with Gasteiger partial charge in [0.05, 0.1) is 10.5 Å². The number of rotatable bonds is 3. The highest BCUT2D eigenvalue weighted by molar-refractivity contribution is 7.98. The van der Waals surface area contributed by atoms with Crippen LogP contribution in [0.1, 0.15) is 22.3 Å². The maximum atomic E-state index is 4.84. The first-order valence-electron chi connectivity index (χ1n) is 7.19. The lowest BCUT2D eigenvalue weighted by Gasteiger charge is -2.09. The van der Waals surface area contributed by atoms with Gasteiger partial charge in [-0.3, -0.25) is 0 Å². The second kappa shape index (κ2) is 5.90. The Labute approximate surface area is 130 Å². The van der Waals surface area contributed by atoms with Crippen molar-refractivity contribution in [3.63, 3.8) is 0 Å². The summed E-state index contributed by atoms with van der Waals surface area (Å²) in [6.45, 7) is 6.46. The number of para-hydroxylation sites is 1. The minimum absolute atomic E-state index is 0.969. The Morgan fingerprint density at radius 1 is 0.857 bits per heavy atom.